The maximum Gasteiger partial charge on any atom is 0.258 e. The van der Waals surface area contributed by atoms with Gasteiger partial charge >= 0.3 is 0 Å². The first-order valence-electron chi connectivity index (χ1n) is 10.6. The molecule has 3 aromatic rings. The number of carbonyl (C=O) groups excluding carboxylic acids is 2. The standard InChI is InChI=1S/C26H28FN3O2/c1-4-30(3)17-20-9-7-8-19(14-20)16-28-25(31)21-13-12-18(2)24(15-21)29-26(32)22-10-5-6-11-23(22)27/h5-15H,4,16-17H2,1-3H3,(H,28,31)(H,29,32). The van der Waals surface area contributed by atoms with Gasteiger partial charge < -0.3 is 15.5 Å². The van der Waals surface area contributed by atoms with E-state index in [9.17, 15) is 14.0 Å². The molecular weight excluding hydrogens is 405 g/mol. The van der Waals surface area contributed by atoms with Crippen molar-refractivity contribution in [2.45, 2.75) is 26.9 Å². The number of rotatable bonds is 8. The summed E-state index contributed by atoms with van der Waals surface area (Å²) in [5.41, 5.74) is 3.82. The average molecular weight is 434 g/mol. The number of nitrogens with zero attached hydrogens (tertiary/aromatic N) is 1. The van der Waals surface area contributed by atoms with Crippen LogP contribution in [0.3, 0.4) is 0 Å². The number of aryl methyl sites for hydroxylation is 1. The second-order valence-corrected chi connectivity index (χ2v) is 7.80. The summed E-state index contributed by atoms with van der Waals surface area (Å²) in [6.07, 6.45) is 0. The first-order valence-corrected chi connectivity index (χ1v) is 10.6. The molecule has 0 aliphatic rings. The van der Waals surface area contributed by atoms with Crippen LogP contribution < -0.4 is 10.6 Å². The molecule has 0 aliphatic heterocycles. The number of hydrogen-bond donors (Lipinski definition) is 2. The lowest BCUT2D eigenvalue weighted by molar-refractivity contribution is 0.0949. The molecule has 0 bridgehead atoms. The number of nitrogens with one attached hydrogen (secondary N) is 2. The highest BCUT2D eigenvalue weighted by molar-refractivity contribution is 6.05. The molecule has 3 aromatic carbocycles. The molecule has 0 unspecified atom stereocenters. The van der Waals surface area contributed by atoms with Crippen LogP contribution in [-0.2, 0) is 13.1 Å². The smallest absolute Gasteiger partial charge is 0.258 e. The van der Waals surface area contributed by atoms with Crippen LogP contribution in [0.1, 0.15) is 44.3 Å². The van der Waals surface area contributed by atoms with E-state index in [1.54, 1.807) is 24.3 Å². The topological polar surface area (TPSA) is 61.4 Å². The largest absolute Gasteiger partial charge is 0.348 e. The van der Waals surface area contributed by atoms with Crippen molar-refractivity contribution in [1.82, 2.24) is 10.2 Å². The highest BCUT2D eigenvalue weighted by Crippen LogP contribution is 2.19. The summed E-state index contributed by atoms with van der Waals surface area (Å²) in [6.45, 7) is 6.13. The molecule has 0 radical (unpaired) electrons. The molecular formula is C26H28FN3O2. The predicted molar refractivity (Wildman–Crippen MR) is 125 cm³/mol. The van der Waals surface area contributed by atoms with Crippen molar-refractivity contribution in [3.05, 3.63) is 100 Å². The van der Waals surface area contributed by atoms with Crippen molar-refractivity contribution in [2.75, 3.05) is 18.9 Å². The van der Waals surface area contributed by atoms with Crippen LogP contribution in [0.4, 0.5) is 10.1 Å². The fourth-order valence-corrected chi connectivity index (χ4v) is 3.28. The molecule has 2 amide bonds. The summed E-state index contributed by atoms with van der Waals surface area (Å²) in [4.78, 5) is 27.4. The fourth-order valence-electron chi connectivity index (χ4n) is 3.28. The van der Waals surface area contributed by atoms with Crippen LogP contribution in [0.5, 0.6) is 0 Å². The second kappa shape index (κ2) is 10.7. The summed E-state index contributed by atoms with van der Waals surface area (Å²) in [6, 6.07) is 19.0. The number of benzene rings is 3. The highest BCUT2D eigenvalue weighted by atomic mass is 19.1. The summed E-state index contributed by atoms with van der Waals surface area (Å²) in [5, 5.41) is 5.63. The van der Waals surface area contributed by atoms with Gasteiger partial charge in [-0.3, -0.25) is 9.59 Å². The van der Waals surface area contributed by atoms with Crippen molar-refractivity contribution in [3.8, 4) is 0 Å². The number of anilines is 1. The first kappa shape index (κ1) is 23.2. The van der Waals surface area contributed by atoms with Crippen LogP contribution in [0, 0.1) is 12.7 Å². The van der Waals surface area contributed by atoms with Crippen molar-refractivity contribution in [1.29, 1.82) is 0 Å². The van der Waals surface area contributed by atoms with Crippen LogP contribution in [0.15, 0.2) is 66.7 Å². The Morgan fingerprint density at radius 1 is 0.938 bits per heavy atom. The third kappa shape index (κ3) is 6.02. The quantitative estimate of drug-likeness (QED) is 0.538. The minimum Gasteiger partial charge on any atom is -0.348 e. The fraction of sp³-hybridized carbons (Fsp3) is 0.231. The van der Waals surface area contributed by atoms with E-state index in [1.807, 2.05) is 19.1 Å². The third-order valence-corrected chi connectivity index (χ3v) is 5.30. The average Bonchev–Trinajstić information content (AvgIpc) is 2.79. The zero-order valence-electron chi connectivity index (χ0n) is 18.6. The Morgan fingerprint density at radius 3 is 2.44 bits per heavy atom. The molecule has 3 rings (SSSR count). The number of hydrogen-bond acceptors (Lipinski definition) is 3. The first-order chi connectivity index (χ1) is 15.4. The number of carbonyl (C=O) groups is 2. The van der Waals surface area contributed by atoms with Crippen molar-refractivity contribution >= 4 is 17.5 Å². The van der Waals surface area contributed by atoms with E-state index >= 15 is 0 Å². The van der Waals surface area contributed by atoms with E-state index in [1.165, 1.54) is 23.8 Å². The third-order valence-electron chi connectivity index (χ3n) is 5.30. The van der Waals surface area contributed by atoms with Gasteiger partial charge in [0.1, 0.15) is 5.82 Å². The van der Waals surface area contributed by atoms with Crippen LogP contribution in [0.25, 0.3) is 0 Å². The molecule has 0 saturated carbocycles. The molecule has 0 saturated heterocycles. The van der Waals surface area contributed by atoms with E-state index in [2.05, 4.69) is 41.6 Å². The number of halogens is 1. The van der Waals surface area contributed by atoms with E-state index in [4.69, 9.17) is 0 Å². The molecule has 166 valence electrons. The minimum atomic E-state index is -0.594. The van der Waals surface area contributed by atoms with Gasteiger partial charge in [0.25, 0.3) is 11.8 Å². The summed E-state index contributed by atoms with van der Waals surface area (Å²) < 4.78 is 13.9. The molecule has 2 N–H and O–H groups in total. The second-order valence-electron chi connectivity index (χ2n) is 7.80. The molecule has 0 fully saturated rings. The summed E-state index contributed by atoms with van der Waals surface area (Å²) in [7, 11) is 2.06. The molecule has 32 heavy (non-hydrogen) atoms. The van der Waals surface area contributed by atoms with Gasteiger partial charge in [-0.05, 0) is 61.5 Å². The van der Waals surface area contributed by atoms with Gasteiger partial charge in [0.2, 0.25) is 0 Å². The highest BCUT2D eigenvalue weighted by Gasteiger charge is 2.14. The molecule has 0 aromatic heterocycles. The van der Waals surface area contributed by atoms with Gasteiger partial charge in [0, 0.05) is 24.3 Å². The van der Waals surface area contributed by atoms with Gasteiger partial charge in [-0.25, -0.2) is 4.39 Å². The zero-order valence-corrected chi connectivity index (χ0v) is 18.6. The Labute approximate surface area is 188 Å². The van der Waals surface area contributed by atoms with Crippen LogP contribution in [-0.4, -0.2) is 30.3 Å². The van der Waals surface area contributed by atoms with Gasteiger partial charge in [-0.15, -0.1) is 0 Å². The van der Waals surface area contributed by atoms with Crippen LogP contribution in [0.2, 0.25) is 0 Å². The van der Waals surface area contributed by atoms with Crippen molar-refractivity contribution in [3.63, 3.8) is 0 Å². The molecule has 0 atom stereocenters. The Balaban J connectivity index is 1.67. The van der Waals surface area contributed by atoms with Crippen LogP contribution >= 0.6 is 0 Å². The molecule has 0 heterocycles. The van der Waals surface area contributed by atoms with E-state index in [0.29, 0.717) is 17.8 Å². The van der Waals surface area contributed by atoms with E-state index < -0.39 is 11.7 Å². The lowest BCUT2D eigenvalue weighted by Gasteiger charge is -2.15. The predicted octanol–water partition coefficient (Wildman–Crippen LogP) is 4.77. The maximum atomic E-state index is 13.9. The lowest BCUT2D eigenvalue weighted by atomic mass is 10.1. The SMILES string of the molecule is CCN(C)Cc1cccc(CNC(=O)c2ccc(C)c(NC(=O)c3ccccc3F)c2)c1. The zero-order chi connectivity index (χ0) is 23.1. The monoisotopic (exact) mass is 433 g/mol. The van der Waals surface area contributed by atoms with Gasteiger partial charge in [0.15, 0.2) is 0 Å². The molecule has 0 aliphatic carbocycles. The Hall–Kier alpha value is -3.51. The lowest BCUT2D eigenvalue weighted by Crippen LogP contribution is -2.23. The van der Waals surface area contributed by atoms with Crippen molar-refractivity contribution in [2.24, 2.45) is 0 Å². The maximum absolute atomic E-state index is 13.9. The molecule has 0 spiro atoms. The van der Waals surface area contributed by atoms with Gasteiger partial charge in [-0.1, -0.05) is 49.4 Å². The minimum absolute atomic E-state index is 0.0460. The van der Waals surface area contributed by atoms with Gasteiger partial charge in [0.05, 0.1) is 5.56 Å². The summed E-state index contributed by atoms with van der Waals surface area (Å²) in [5.74, 6) is -1.40. The number of amides is 2. The Bertz CT molecular complexity index is 1110. The van der Waals surface area contributed by atoms with Gasteiger partial charge in [-0.2, -0.15) is 0 Å². The summed E-state index contributed by atoms with van der Waals surface area (Å²) >= 11 is 0. The Kier molecular flexibility index (Phi) is 7.73. The normalized spacial score (nSPS) is 10.8. The van der Waals surface area contributed by atoms with E-state index in [0.717, 1.165) is 24.2 Å². The Morgan fingerprint density at radius 2 is 1.69 bits per heavy atom. The molecule has 6 heteroatoms. The molecule has 5 nitrogen and oxygen atoms in total. The van der Waals surface area contributed by atoms with Crippen molar-refractivity contribution < 1.29 is 14.0 Å². The van der Waals surface area contributed by atoms with E-state index in [-0.39, 0.29) is 11.5 Å².